The molecule has 3 heteroatoms. The van der Waals surface area contributed by atoms with E-state index in [9.17, 15) is 0 Å². The molecule has 0 N–H and O–H groups in total. The lowest BCUT2D eigenvalue weighted by molar-refractivity contribution is 1.61. The normalized spacial score (nSPS) is 10.9. The number of aryl methyl sites for hydroxylation is 1. The van der Waals surface area contributed by atoms with Crippen LogP contribution < -0.4 is 0 Å². The summed E-state index contributed by atoms with van der Waals surface area (Å²) in [5, 5.41) is 2.01. The summed E-state index contributed by atoms with van der Waals surface area (Å²) in [5.41, 5.74) is 0. The molecule has 2 rings (SSSR count). The lowest BCUT2D eigenvalue weighted by Gasteiger charge is -1.90. The fraction of sp³-hybridized carbons (Fsp3) is 0.111. The van der Waals surface area contributed by atoms with Gasteiger partial charge in [0.15, 0.2) is 0 Å². The molecule has 0 fully saturated rings. The smallest absolute Gasteiger partial charge is 0.0413 e. The Morgan fingerprint density at radius 3 is 2.92 bits per heavy atom. The predicted octanol–water partition coefficient (Wildman–Crippen LogP) is 4.63. The predicted molar refractivity (Wildman–Crippen MR) is 59.3 cm³/mol. The zero-order valence-corrected chi connectivity index (χ0v) is 9.55. The van der Waals surface area contributed by atoms with Crippen molar-refractivity contribution in [1.29, 1.82) is 0 Å². The van der Waals surface area contributed by atoms with Crippen LogP contribution in [0.5, 0.6) is 0 Å². The van der Waals surface area contributed by atoms with Crippen LogP contribution in [0, 0.1) is 6.92 Å². The van der Waals surface area contributed by atoms with E-state index in [0.29, 0.717) is 0 Å². The van der Waals surface area contributed by atoms with Gasteiger partial charge in [-0.1, -0.05) is 11.6 Å². The monoisotopic (exact) mass is 260 g/mol. The van der Waals surface area contributed by atoms with Gasteiger partial charge >= 0.3 is 0 Å². The molecule has 12 heavy (non-hydrogen) atoms. The van der Waals surface area contributed by atoms with Gasteiger partial charge in [-0.15, -0.1) is 11.3 Å². The molecule has 0 aliphatic rings. The first-order valence-electron chi connectivity index (χ1n) is 3.52. The molecular formula is C9H6BrClS. The van der Waals surface area contributed by atoms with Gasteiger partial charge in [0, 0.05) is 24.5 Å². The van der Waals surface area contributed by atoms with Gasteiger partial charge in [-0.3, -0.25) is 0 Å². The van der Waals surface area contributed by atoms with E-state index in [0.717, 1.165) is 5.02 Å². The van der Waals surface area contributed by atoms with Crippen molar-refractivity contribution < 1.29 is 0 Å². The molecule has 0 amide bonds. The van der Waals surface area contributed by atoms with Crippen molar-refractivity contribution in [3.05, 3.63) is 32.6 Å². The molecule has 0 bridgehead atoms. The van der Waals surface area contributed by atoms with Crippen molar-refractivity contribution in [3.63, 3.8) is 0 Å². The first kappa shape index (κ1) is 8.54. The molecule has 0 spiro atoms. The molecule has 0 unspecified atom stereocenters. The van der Waals surface area contributed by atoms with E-state index < -0.39 is 0 Å². The van der Waals surface area contributed by atoms with E-state index in [1.54, 1.807) is 11.3 Å². The first-order valence-corrected chi connectivity index (χ1v) is 5.51. The number of benzene rings is 1. The van der Waals surface area contributed by atoms with Crippen LogP contribution in [-0.2, 0) is 0 Å². The molecule has 1 aromatic heterocycles. The lowest BCUT2D eigenvalue weighted by Crippen LogP contribution is -1.65. The first-order chi connectivity index (χ1) is 5.68. The molecule has 0 aliphatic heterocycles. The highest BCUT2D eigenvalue weighted by Crippen LogP contribution is 2.36. The summed E-state index contributed by atoms with van der Waals surface area (Å²) in [5.74, 6) is 0. The van der Waals surface area contributed by atoms with Crippen LogP contribution in [0.2, 0.25) is 5.02 Å². The van der Waals surface area contributed by atoms with E-state index >= 15 is 0 Å². The molecule has 0 radical (unpaired) electrons. The summed E-state index contributed by atoms with van der Waals surface area (Å²) in [4.78, 5) is 1.30. The summed E-state index contributed by atoms with van der Waals surface area (Å²) in [6.45, 7) is 2.10. The van der Waals surface area contributed by atoms with Crippen LogP contribution in [0.1, 0.15) is 4.88 Å². The minimum atomic E-state index is 0.793. The van der Waals surface area contributed by atoms with E-state index in [2.05, 4.69) is 28.9 Å². The molecule has 1 aromatic carbocycles. The Hall–Kier alpha value is -0.0500. The Kier molecular flexibility index (Phi) is 2.15. The zero-order chi connectivity index (χ0) is 8.72. The summed E-state index contributed by atoms with van der Waals surface area (Å²) in [6, 6.07) is 5.97. The van der Waals surface area contributed by atoms with Crippen LogP contribution in [0.15, 0.2) is 22.7 Å². The maximum Gasteiger partial charge on any atom is 0.0413 e. The summed E-state index contributed by atoms with van der Waals surface area (Å²) in [7, 11) is 0. The van der Waals surface area contributed by atoms with E-state index in [-0.39, 0.29) is 0 Å². The molecule has 0 saturated heterocycles. The standard InChI is InChI=1S/C9H6BrClS/c1-5-9(10)7-4-6(11)2-3-8(7)12-5/h2-4H,1H3. The van der Waals surface area contributed by atoms with Crippen molar-refractivity contribution in [3.8, 4) is 0 Å². The Morgan fingerprint density at radius 2 is 2.17 bits per heavy atom. The van der Waals surface area contributed by atoms with Gasteiger partial charge in [-0.25, -0.2) is 0 Å². The highest BCUT2D eigenvalue weighted by molar-refractivity contribution is 9.10. The van der Waals surface area contributed by atoms with Crippen LogP contribution in [0.4, 0.5) is 0 Å². The Morgan fingerprint density at radius 1 is 1.42 bits per heavy atom. The van der Waals surface area contributed by atoms with Crippen LogP contribution in [0.25, 0.3) is 10.1 Å². The Balaban J connectivity index is 2.88. The molecule has 62 valence electrons. The van der Waals surface area contributed by atoms with Crippen molar-refractivity contribution in [2.45, 2.75) is 6.92 Å². The second kappa shape index (κ2) is 3.02. The third-order valence-electron chi connectivity index (χ3n) is 1.75. The van der Waals surface area contributed by atoms with Gasteiger partial charge in [-0.05, 0) is 41.1 Å². The summed E-state index contributed by atoms with van der Waals surface area (Å²) < 4.78 is 2.45. The minimum absolute atomic E-state index is 0.793. The lowest BCUT2D eigenvalue weighted by atomic mass is 10.2. The molecule has 0 saturated carbocycles. The van der Waals surface area contributed by atoms with Gasteiger partial charge in [0.25, 0.3) is 0 Å². The van der Waals surface area contributed by atoms with Crippen molar-refractivity contribution in [2.75, 3.05) is 0 Å². The van der Waals surface area contributed by atoms with Crippen molar-refractivity contribution in [1.82, 2.24) is 0 Å². The molecule has 1 heterocycles. The fourth-order valence-electron chi connectivity index (χ4n) is 1.16. The molecule has 0 atom stereocenters. The third-order valence-corrected chi connectivity index (χ3v) is 4.36. The van der Waals surface area contributed by atoms with Gasteiger partial charge in [0.1, 0.15) is 0 Å². The van der Waals surface area contributed by atoms with Gasteiger partial charge in [-0.2, -0.15) is 0 Å². The number of halogens is 2. The van der Waals surface area contributed by atoms with Crippen LogP contribution in [0.3, 0.4) is 0 Å². The minimum Gasteiger partial charge on any atom is -0.139 e. The van der Waals surface area contributed by atoms with Crippen molar-refractivity contribution in [2.24, 2.45) is 0 Å². The van der Waals surface area contributed by atoms with Crippen LogP contribution in [-0.4, -0.2) is 0 Å². The quantitative estimate of drug-likeness (QED) is 0.649. The zero-order valence-electron chi connectivity index (χ0n) is 6.40. The van der Waals surface area contributed by atoms with Crippen LogP contribution >= 0.6 is 38.9 Å². The summed E-state index contributed by atoms with van der Waals surface area (Å²) >= 11 is 11.2. The second-order valence-electron chi connectivity index (χ2n) is 2.61. The number of fused-ring (bicyclic) bond motifs is 1. The summed E-state index contributed by atoms with van der Waals surface area (Å²) in [6.07, 6.45) is 0. The van der Waals surface area contributed by atoms with Crippen molar-refractivity contribution >= 4 is 49.0 Å². The highest BCUT2D eigenvalue weighted by Gasteiger charge is 2.05. The van der Waals surface area contributed by atoms with Gasteiger partial charge < -0.3 is 0 Å². The van der Waals surface area contributed by atoms with E-state index in [4.69, 9.17) is 11.6 Å². The molecule has 0 aliphatic carbocycles. The van der Waals surface area contributed by atoms with E-state index in [1.165, 1.54) is 19.4 Å². The van der Waals surface area contributed by atoms with Gasteiger partial charge in [0.05, 0.1) is 0 Å². The van der Waals surface area contributed by atoms with Gasteiger partial charge in [0.2, 0.25) is 0 Å². The average Bonchev–Trinajstić information content (AvgIpc) is 2.31. The largest absolute Gasteiger partial charge is 0.139 e. The molecular weight excluding hydrogens is 256 g/mol. The Labute approximate surface area is 88.3 Å². The number of thiophene rings is 1. The van der Waals surface area contributed by atoms with E-state index in [1.807, 2.05) is 12.1 Å². The average molecular weight is 262 g/mol. The fourth-order valence-corrected chi connectivity index (χ4v) is 2.97. The molecule has 2 aromatic rings. The highest BCUT2D eigenvalue weighted by atomic mass is 79.9. The second-order valence-corrected chi connectivity index (χ2v) is 5.10. The Bertz CT molecular complexity index is 433. The molecule has 0 nitrogen and oxygen atoms in total. The topological polar surface area (TPSA) is 0 Å². The number of hydrogen-bond acceptors (Lipinski definition) is 1. The third kappa shape index (κ3) is 1.28. The number of hydrogen-bond donors (Lipinski definition) is 0. The SMILES string of the molecule is Cc1sc2ccc(Cl)cc2c1Br. The maximum atomic E-state index is 5.88. The maximum absolute atomic E-state index is 5.88. The number of rotatable bonds is 0.